The van der Waals surface area contributed by atoms with E-state index in [0.29, 0.717) is 34.6 Å². The fraction of sp³-hybridized carbons (Fsp3) is 0.290. The summed E-state index contributed by atoms with van der Waals surface area (Å²) in [6, 6.07) is 18.3. The van der Waals surface area contributed by atoms with Crippen LogP contribution in [0.4, 0.5) is 5.69 Å². The number of morpholine rings is 1. The van der Waals surface area contributed by atoms with Crippen LogP contribution in [0.25, 0.3) is 22.3 Å². The fourth-order valence-electron chi connectivity index (χ4n) is 5.10. The minimum absolute atomic E-state index is 0.0164. The second kappa shape index (κ2) is 10.4. The number of carboxylic acid groups (broad SMARTS) is 1. The van der Waals surface area contributed by atoms with Gasteiger partial charge >= 0.3 is 5.97 Å². The zero-order valence-corrected chi connectivity index (χ0v) is 22.1. The summed E-state index contributed by atoms with van der Waals surface area (Å²) < 4.78 is 12.4. The second-order valence-corrected chi connectivity index (χ2v) is 10.1. The molecule has 1 aromatic heterocycles. The van der Waals surface area contributed by atoms with E-state index < -0.39 is 5.97 Å². The van der Waals surface area contributed by atoms with Gasteiger partial charge in [-0.05, 0) is 57.1 Å². The lowest BCUT2D eigenvalue weighted by molar-refractivity contribution is -0.0208. The van der Waals surface area contributed by atoms with Gasteiger partial charge in [0.2, 0.25) is 0 Å². The van der Waals surface area contributed by atoms with Crippen molar-refractivity contribution in [2.45, 2.75) is 32.9 Å². The molecule has 2 N–H and O–H groups in total. The number of aryl methyl sites for hydroxylation is 1. The van der Waals surface area contributed by atoms with Gasteiger partial charge < -0.3 is 24.5 Å². The summed E-state index contributed by atoms with van der Waals surface area (Å²) in [6.45, 7) is 8.12. The quantitative estimate of drug-likeness (QED) is 0.330. The molecule has 2 heterocycles. The van der Waals surface area contributed by atoms with Crippen LogP contribution in [-0.2, 0) is 4.74 Å². The van der Waals surface area contributed by atoms with Crippen molar-refractivity contribution in [1.29, 1.82) is 0 Å². The summed E-state index contributed by atoms with van der Waals surface area (Å²) in [6.07, 6.45) is 0.0164. The predicted octanol–water partition coefficient (Wildman–Crippen LogP) is 5.95. The summed E-state index contributed by atoms with van der Waals surface area (Å²) in [4.78, 5) is 27.5. The molecule has 0 amide bonds. The third-order valence-corrected chi connectivity index (χ3v) is 7.20. The smallest absolute Gasteiger partial charge is 0.337 e. The van der Waals surface area contributed by atoms with E-state index >= 15 is 0 Å². The molecule has 1 unspecified atom stereocenters. The summed E-state index contributed by atoms with van der Waals surface area (Å²) in [5, 5.41) is 13.4. The highest BCUT2D eigenvalue weighted by atomic mass is 16.5. The van der Waals surface area contributed by atoms with Gasteiger partial charge in [-0.3, -0.25) is 4.79 Å². The molecule has 0 aliphatic carbocycles. The topological polar surface area (TPSA) is 92.0 Å². The lowest BCUT2D eigenvalue weighted by atomic mass is 9.98. The zero-order valence-electron chi connectivity index (χ0n) is 22.1. The second-order valence-electron chi connectivity index (χ2n) is 10.1. The first-order valence-corrected chi connectivity index (χ1v) is 12.8. The monoisotopic (exact) mass is 512 g/mol. The van der Waals surface area contributed by atoms with Crippen molar-refractivity contribution >= 4 is 22.6 Å². The normalized spacial score (nSPS) is 16.9. The van der Waals surface area contributed by atoms with Crippen LogP contribution in [0.1, 0.15) is 51.7 Å². The number of aromatic carboxylic acids is 1. The van der Waals surface area contributed by atoms with Gasteiger partial charge in [0, 0.05) is 35.5 Å². The Hall–Kier alpha value is -3.94. The minimum atomic E-state index is -1.01. The first-order valence-electron chi connectivity index (χ1n) is 12.8. The third kappa shape index (κ3) is 4.95. The highest BCUT2D eigenvalue weighted by Crippen LogP contribution is 2.33. The first kappa shape index (κ1) is 25.7. The molecule has 0 spiro atoms. The van der Waals surface area contributed by atoms with Crippen molar-refractivity contribution in [2.75, 3.05) is 32.1 Å². The Morgan fingerprint density at radius 2 is 1.84 bits per heavy atom. The molecule has 5 rings (SSSR count). The van der Waals surface area contributed by atoms with Gasteiger partial charge in [0.1, 0.15) is 11.3 Å². The molecule has 7 nitrogen and oxygen atoms in total. The Labute approximate surface area is 221 Å². The first-order chi connectivity index (χ1) is 18.2. The number of anilines is 1. The molecular weight excluding hydrogens is 480 g/mol. The van der Waals surface area contributed by atoms with Crippen LogP contribution >= 0.6 is 0 Å². The molecule has 1 saturated heterocycles. The Balaban J connectivity index is 1.56. The maximum Gasteiger partial charge on any atom is 0.337 e. The van der Waals surface area contributed by atoms with Crippen molar-refractivity contribution < 1.29 is 19.1 Å². The number of rotatable bonds is 6. The van der Waals surface area contributed by atoms with Crippen molar-refractivity contribution in [1.82, 2.24) is 4.90 Å². The summed E-state index contributed by atoms with van der Waals surface area (Å²) in [5.74, 6) is -0.480. The van der Waals surface area contributed by atoms with Gasteiger partial charge in [-0.15, -0.1) is 0 Å². The number of nitrogens with one attached hydrogen (secondary N) is 1. The highest BCUT2D eigenvalue weighted by molar-refractivity contribution is 5.94. The van der Waals surface area contributed by atoms with E-state index in [9.17, 15) is 14.7 Å². The van der Waals surface area contributed by atoms with Crippen molar-refractivity contribution in [2.24, 2.45) is 0 Å². The van der Waals surface area contributed by atoms with Crippen molar-refractivity contribution in [3.05, 3.63) is 98.7 Å². The number of fused-ring (bicyclic) bond motifs is 1. The van der Waals surface area contributed by atoms with Crippen LogP contribution in [0.15, 0.2) is 69.9 Å². The van der Waals surface area contributed by atoms with E-state index in [1.165, 1.54) is 0 Å². The molecule has 1 aliphatic rings. The van der Waals surface area contributed by atoms with E-state index in [0.717, 1.165) is 35.3 Å². The molecule has 3 aromatic carbocycles. The van der Waals surface area contributed by atoms with Crippen LogP contribution in [-0.4, -0.2) is 42.7 Å². The molecule has 2 atom stereocenters. The SMILES string of the molecule is Cc1cc([C@@H](C)Nc2ccccc2C(=O)O)c2oc(-c3ccc(C4CN(C)CCO4)cc3)c(C)c(=O)c2c1. The fourth-order valence-corrected chi connectivity index (χ4v) is 5.10. The number of nitrogens with zero attached hydrogens (tertiary/aromatic N) is 1. The van der Waals surface area contributed by atoms with Gasteiger partial charge in [0.25, 0.3) is 0 Å². The van der Waals surface area contributed by atoms with Crippen LogP contribution < -0.4 is 10.7 Å². The van der Waals surface area contributed by atoms with Gasteiger partial charge in [-0.25, -0.2) is 4.79 Å². The third-order valence-electron chi connectivity index (χ3n) is 7.20. The number of para-hydroxylation sites is 1. The number of hydrogen-bond donors (Lipinski definition) is 2. The highest BCUT2D eigenvalue weighted by Gasteiger charge is 2.22. The molecule has 0 radical (unpaired) electrons. The molecular formula is C31H32N2O5. The van der Waals surface area contributed by atoms with E-state index in [1.807, 2.05) is 50.2 Å². The maximum atomic E-state index is 13.5. The van der Waals surface area contributed by atoms with E-state index in [-0.39, 0.29) is 23.1 Å². The number of benzene rings is 3. The summed E-state index contributed by atoms with van der Waals surface area (Å²) in [5.41, 5.74) is 5.27. The molecule has 7 heteroatoms. The molecule has 4 aromatic rings. The molecule has 0 saturated carbocycles. The number of ether oxygens (including phenoxy) is 1. The standard InChI is InChI=1S/C31H32N2O5/c1-18-15-24(20(3)32-26-8-6-5-7-23(26)31(35)36)30-25(16-18)28(34)19(2)29(38-30)22-11-9-21(10-12-22)27-17-33(4)13-14-37-27/h5-12,15-16,20,27,32H,13-14,17H2,1-4H3,(H,35,36)/t20-,27?/m1/s1. The van der Waals surface area contributed by atoms with Gasteiger partial charge in [0.05, 0.1) is 29.7 Å². The Bertz CT molecular complexity index is 1560. The molecule has 196 valence electrons. The van der Waals surface area contributed by atoms with Crippen molar-refractivity contribution in [3.63, 3.8) is 0 Å². The largest absolute Gasteiger partial charge is 0.478 e. The zero-order chi connectivity index (χ0) is 27.0. The van der Waals surface area contributed by atoms with Gasteiger partial charge in [-0.2, -0.15) is 0 Å². The number of carboxylic acids is 1. The Kier molecular flexibility index (Phi) is 7.06. The van der Waals surface area contributed by atoms with Crippen molar-refractivity contribution in [3.8, 4) is 11.3 Å². The van der Waals surface area contributed by atoms with Crippen LogP contribution in [0.3, 0.4) is 0 Å². The van der Waals surface area contributed by atoms with Gasteiger partial charge in [-0.1, -0.05) is 42.5 Å². The Morgan fingerprint density at radius 1 is 1.11 bits per heavy atom. The molecule has 1 aliphatic heterocycles. The number of hydrogen-bond acceptors (Lipinski definition) is 6. The van der Waals surface area contributed by atoms with Crippen LogP contribution in [0.5, 0.6) is 0 Å². The lowest BCUT2D eigenvalue weighted by Crippen LogP contribution is -2.35. The van der Waals surface area contributed by atoms with Crippen LogP contribution in [0, 0.1) is 13.8 Å². The molecule has 0 bridgehead atoms. The van der Waals surface area contributed by atoms with Crippen LogP contribution in [0.2, 0.25) is 0 Å². The molecule has 38 heavy (non-hydrogen) atoms. The van der Waals surface area contributed by atoms with E-state index in [1.54, 1.807) is 31.2 Å². The van der Waals surface area contributed by atoms with Gasteiger partial charge in [0.15, 0.2) is 5.43 Å². The van der Waals surface area contributed by atoms with E-state index in [2.05, 4.69) is 17.3 Å². The number of likely N-dealkylation sites (N-methyl/N-ethyl adjacent to an activating group) is 1. The average Bonchev–Trinajstić information content (AvgIpc) is 2.91. The Morgan fingerprint density at radius 3 is 2.55 bits per heavy atom. The maximum absolute atomic E-state index is 13.5. The minimum Gasteiger partial charge on any atom is -0.478 e. The predicted molar refractivity (Wildman–Crippen MR) is 149 cm³/mol. The molecule has 1 fully saturated rings. The summed E-state index contributed by atoms with van der Waals surface area (Å²) in [7, 11) is 2.09. The lowest BCUT2D eigenvalue weighted by Gasteiger charge is -2.30. The average molecular weight is 513 g/mol. The summed E-state index contributed by atoms with van der Waals surface area (Å²) >= 11 is 0. The van der Waals surface area contributed by atoms with E-state index in [4.69, 9.17) is 9.15 Å². The number of carbonyl (C=O) groups is 1.